The molecule has 2 heterocycles. The van der Waals surface area contributed by atoms with E-state index in [0.29, 0.717) is 23.7 Å². The molecule has 0 bridgehead atoms. The van der Waals surface area contributed by atoms with Crippen LogP contribution < -0.4 is 14.8 Å². The molecule has 0 saturated carbocycles. The average Bonchev–Trinajstić information content (AvgIpc) is 3.47. The molecule has 9 nitrogen and oxygen atoms in total. The van der Waals surface area contributed by atoms with Crippen molar-refractivity contribution in [2.75, 3.05) is 7.11 Å². The van der Waals surface area contributed by atoms with E-state index in [9.17, 15) is 13.2 Å². The summed E-state index contributed by atoms with van der Waals surface area (Å²) in [6.07, 6.45) is 5.60. The van der Waals surface area contributed by atoms with Gasteiger partial charge < -0.3 is 14.6 Å². The predicted molar refractivity (Wildman–Crippen MR) is 156 cm³/mol. The molecule has 1 atom stereocenters. The first-order chi connectivity index (χ1) is 19.8. The van der Waals surface area contributed by atoms with E-state index in [1.54, 1.807) is 56.9 Å². The summed E-state index contributed by atoms with van der Waals surface area (Å²) >= 11 is 0. The van der Waals surface area contributed by atoms with Crippen LogP contribution >= 0.6 is 0 Å². The molecular weight excluding hydrogens is 538 g/mol. The summed E-state index contributed by atoms with van der Waals surface area (Å²) < 4.78 is 35.1. The fourth-order valence-electron chi connectivity index (χ4n) is 4.56. The minimum Gasteiger partial charge on any atom is -0.481 e. The van der Waals surface area contributed by atoms with E-state index in [1.807, 2.05) is 65.2 Å². The fourth-order valence-corrected chi connectivity index (χ4v) is 5.72. The van der Waals surface area contributed by atoms with Crippen LogP contribution in [0.5, 0.6) is 5.88 Å². The monoisotopic (exact) mass is 567 g/mol. The molecule has 1 unspecified atom stereocenters. The molecule has 10 heteroatoms. The number of nitrogens with one attached hydrogen (secondary N) is 2. The van der Waals surface area contributed by atoms with Crippen LogP contribution in [0.2, 0.25) is 0 Å². The maximum atomic E-state index is 13.1. The second-order valence-corrected chi connectivity index (χ2v) is 11.0. The number of carbonyl (C=O) groups excluding carboxylic acids is 1. The molecule has 0 spiro atoms. The molecule has 3 aromatic carbocycles. The molecule has 0 saturated heterocycles. The molecule has 5 aromatic rings. The molecule has 0 aliphatic heterocycles. The highest BCUT2D eigenvalue weighted by Crippen LogP contribution is 2.25. The maximum Gasteiger partial charge on any atom is 0.329 e. The van der Waals surface area contributed by atoms with Crippen molar-refractivity contribution in [3.05, 3.63) is 127 Å². The fraction of sp³-hybridized carbons (Fsp3) is 0.129. The Morgan fingerprint density at radius 1 is 0.902 bits per heavy atom. The van der Waals surface area contributed by atoms with Crippen LogP contribution in [-0.4, -0.2) is 36.1 Å². The van der Waals surface area contributed by atoms with E-state index in [2.05, 4.69) is 20.0 Å². The second-order valence-electron chi connectivity index (χ2n) is 9.38. The molecular formula is C31H29N5O4S. The van der Waals surface area contributed by atoms with Gasteiger partial charge in [-0.15, -0.1) is 0 Å². The highest BCUT2D eigenvalue weighted by molar-refractivity contribution is 7.90. The molecule has 5 rings (SSSR count). The third-order valence-electron chi connectivity index (χ3n) is 6.60. The lowest BCUT2D eigenvalue weighted by molar-refractivity contribution is 0.241. The van der Waals surface area contributed by atoms with E-state index in [-0.39, 0.29) is 4.90 Å². The number of aryl methyl sites for hydroxylation is 1. The zero-order valence-corrected chi connectivity index (χ0v) is 23.4. The van der Waals surface area contributed by atoms with Gasteiger partial charge in [-0.05, 0) is 54.3 Å². The van der Waals surface area contributed by atoms with Crippen molar-refractivity contribution in [1.29, 1.82) is 0 Å². The van der Waals surface area contributed by atoms with Crippen molar-refractivity contribution in [2.45, 2.75) is 24.3 Å². The summed E-state index contributed by atoms with van der Waals surface area (Å²) in [7, 11) is -2.50. The van der Waals surface area contributed by atoms with E-state index in [0.717, 1.165) is 22.4 Å². The van der Waals surface area contributed by atoms with Gasteiger partial charge in [0.2, 0.25) is 5.88 Å². The van der Waals surface area contributed by atoms with Gasteiger partial charge in [-0.3, -0.25) is 0 Å². The van der Waals surface area contributed by atoms with Gasteiger partial charge in [0.05, 0.1) is 18.0 Å². The van der Waals surface area contributed by atoms with Crippen LogP contribution in [0.15, 0.2) is 114 Å². The number of aromatic nitrogens is 3. The largest absolute Gasteiger partial charge is 0.481 e. The number of methoxy groups -OCH3 is 1. The van der Waals surface area contributed by atoms with E-state index >= 15 is 0 Å². The Kier molecular flexibility index (Phi) is 8.11. The number of urea groups is 1. The highest BCUT2D eigenvalue weighted by Gasteiger charge is 2.25. The van der Waals surface area contributed by atoms with Gasteiger partial charge in [-0.1, -0.05) is 60.7 Å². The van der Waals surface area contributed by atoms with E-state index in [4.69, 9.17) is 4.74 Å². The third-order valence-corrected chi connectivity index (χ3v) is 8.09. The topological polar surface area (TPSA) is 115 Å². The molecule has 2 aromatic heterocycles. The maximum absolute atomic E-state index is 13.1. The van der Waals surface area contributed by atoms with Gasteiger partial charge in [-0.2, -0.15) is 0 Å². The quantitative estimate of drug-likeness (QED) is 0.252. The number of hydrogen-bond acceptors (Lipinski definition) is 6. The summed E-state index contributed by atoms with van der Waals surface area (Å²) in [6.45, 7) is 1.68. The zero-order chi connectivity index (χ0) is 28.8. The molecule has 208 valence electrons. The van der Waals surface area contributed by atoms with Gasteiger partial charge in [0.15, 0.2) is 0 Å². The Morgan fingerprint density at radius 3 is 2.29 bits per heavy atom. The first kappa shape index (κ1) is 27.6. The molecule has 0 fully saturated rings. The summed E-state index contributed by atoms with van der Waals surface area (Å²) in [6, 6.07) is 26.2. The van der Waals surface area contributed by atoms with Crippen molar-refractivity contribution < 1.29 is 17.9 Å². The third kappa shape index (κ3) is 6.44. The van der Waals surface area contributed by atoms with Crippen molar-refractivity contribution in [1.82, 2.24) is 24.6 Å². The van der Waals surface area contributed by atoms with Crippen LogP contribution in [0.1, 0.15) is 23.0 Å². The van der Waals surface area contributed by atoms with Crippen LogP contribution in [0.4, 0.5) is 4.79 Å². The van der Waals surface area contributed by atoms with Crippen molar-refractivity contribution in [2.24, 2.45) is 0 Å². The molecule has 2 amide bonds. The number of pyridine rings is 1. The van der Waals surface area contributed by atoms with Crippen molar-refractivity contribution in [3.8, 4) is 22.7 Å². The molecule has 41 heavy (non-hydrogen) atoms. The smallest absolute Gasteiger partial charge is 0.329 e. The Bertz CT molecular complexity index is 1740. The van der Waals surface area contributed by atoms with Gasteiger partial charge >= 0.3 is 6.03 Å². The number of sulfonamides is 1. The van der Waals surface area contributed by atoms with E-state index < -0.39 is 22.1 Å². The Labute approximate surface area is 238 Å². The van der Waals surface area contributed by atoms with Gasteiger partial charge in [0.1, 0.15) is 5.82 Å². The normalized spacial score (nSPS) is 12.0. The second kappa shape index (κ2) is 12.1. The standard InChI is InChI=1S/C31H29N5O4S/c1-22-8-6-7-11-28(22)41(38,39)35-31(37)34-27(20-23-9-4-3-5-10-23)30-32-18-19-36(30)26-15-12-24(13-16-26)25-14-17-29(40-2)33-21-25/h3-19,21,27H,20H2,1-2H3,(H2,34,35,37). The van der Waals surface area contributed by atoms with Crippen LogP contribution in [0, 0.1) is 6.92 Å². The number of imidazole rings is 1. The first-order valence-corrected chi connectivity index (χ1v) is 14.4. The number of carbonyl (C=O) groups is 1. The molecule has 0 radical (unpaired) electrons. The molecule has 0 aliphatic carbocycles. The van der Waals surface area contributed by atoms with Gasteiger partial charge in [0.25, 0.3) is 10.0 Å². The van der Waals surface area contributed by atoms with E-state index in [1.165, 1.54) is 6.07 Å². The Hall–Kier alpha value is -4.96. The van der Waals surface area contributed by atoms with Crippen LogP contribution in [0.25, 0.3) is 16.8 Å². The predicted octanol–water partition coefficient (Wildman–Crippen LogP) is 5.22. The minimum atomic E-state index is -4.08. The number of rotatable bonds is 9. The number of hydrogen-bond donors (Lipinski definition) is 2. The van der Waals surface area contributed by atoms with Crippen LogP contribution in [0.3, 0.4) is 0 Å². The molecule has 0 aliphatic rings. The SMILES string of the molecule is COc1ccc(-c2ccc(-n3ccnc3C(Cc3ccccc3)NC(=O)NS(=O)(=O)c3ccccc3C)cc2)cn1. The summed E-state index contributed by atoms with van der Waals surface area (Å²) in [5, 5.41) is 2.84. The van der Waals surface area contributed by atoms with Gasteiger partial charge in [0, 0.05) is 35.9 Å². The summed E-state index contributed by atoms with van der Waals surface area (Å²) in [5.74, 6) is 1.09. The Morgan fingerprint density at radius 2 is 1.61 bits per heavy atom. The number of benzene rings is 3. The summed E-state index contributed by atoms with van der Waals surface area (Å²) in [4.78, 5) is 22.0. The number of ether oxygens (including phenoxy) is 1. The number of amides is 2. The van der Waals surface area contributed by atoms with Crippen molar-refractivity contribution >= 4 is 16.1 Å². The lowest BCUT2D eigenvalue weighted by atomic mass is 10.0. The van der Waals surface area contributed by atoms with Crippen molar-refractivity contribution in [3.63, 3.8) is 0 Å². The number of nitrogens with zero attached hydrogens (tertiary/aromatic N) is 3. The zero-order valence-electron chi connectivity index (χ0n) is 22.6. The highest BCUT2D eigenvalue weighted by atomic mass is 32.2. The minimum absolute atomic E-state index is 0.0448. The lowest BCUT2D eigenvalue weighted by Crippen LogP contribution is -2.42. The first-order valence-electron chi connectivity index (χ1n) is 12.9. The average molecular weight is 568 g/mol. The lowest BCUT2D eigenvalue weighted by Gasteiger charge is -2.21. The summed E-state index contributed by atoms with van der Waals surface area (Å²) in [5.41, 5.74) is 4.24. The molecule has 2 N–H and O–H groups in total. The Balaban J connectivity index is 1.41. The van der Waals surface area contributed by atoms with Crippen LogP contribution in [-0.2, 0) is 16.4 Å². The van der Waals surface area contributed by atoms with Gasteiger partial charge in [-0.25, -0.2) is 27.9 Å².